The number of hydrogen-bond acceptors (Lipinski definition) is 2. The molecule has 0 aliphatic carbocycles. The molecule has 2 heteroatoms. The van der Waals surface area contributed by atoms with Gasteiger partial charge in [-0.1, -0.05) is 82.9 Å². The Morgan fingerprint density at radius 2 is 1.35 bits per heavy atom. The van der Waals surface area contributed by atoms with Crippen LogP contribution in [0.2, 0.25) is 0 Å². The van der Waals surface area contributed by atoms with Crippen LogP contribution >= 0.6 is 0 Å². The smallest absolute Gasteiger partial charge is 0.111 e. The van der Waals surface area contributed by atoms with E-state index in [1.165, 1.54) is 64.2 Å². The van der Waals surface area contributed by atoms with E-state index in [9.17, 15) is 4.91 Å². The fourth-order valence-corrected chi connectivity index (χ4v) is 2.61. The highest BCUT2D eigenvalue weighted by Gasteiger charge is 2.01. The fourth-order valence-electron chi connectivity index (χ4n) is 2.61. The van der Waals surface area contributed by atoms with Gasteiger partial charge in [-0.2, -0.15) is 0 Å². The monoisotopic (exact) mass is 275 g/mol. The van der Waals surface area contributed by atoms with Gasteiger partial charge < -0.3 is 0 Å². The highest BCUT2D eigenvalue weighted by molar-refractivity contribution is 5.45. The number of hydrogen-bond donors (Lipinski definition) is 0. The lowest BCUT2D eigenvalue weighted by Crippen LogP contribution is -1.87. The van der Waals surface area contributed by atoms with Crippen LogP contribution < -0.4 is 0 Å². The Morgan fingerprint density at radius 3 is 1.95 bits per heavy atom. The molecule has 0 spiro atoms. The Hall–Kier alpha value is -1.18. The zero-order chi connectivity index (χ0) is 14.5. The van der Waals surface area contributed by atoms with Crippen molar-refractivity contribution in [2.24, 2.45) is 5.18 Å². The molecule has 0 unspecified atom stereocenters. The van der Waals surface area contributed by atoms with Gasteiger partial charge in [0.2, 0.25) is 0 Å². The lowest BCUT2D eigenvalue weighted by molar-refractivity contribution is 0.556. The van der Waals surface area contributed by atoms with Crippen LogP contribution in [0.25, 0.3) is 0 Å². The minimum absolute atomic E-state index is 0.614. The summed E-state index contributed by atoms with van der Waals surface area (Å²) >= 11 is 0. The summed E-state index contributed by atoms with van der Waals surface area (Å²) < 4.78 is 0. The van der Waals surface area contributed by atoms with Crippen molar-refractivity contribution in [2.75, 3.05) is 0 Å². The van der Waals surface area contributed by atoms with Gasteiger partial charge in [0.15, 0.2) is 0 Å². The van der Waals surface area contributed by atoms with Crippen molar-refractivity contribution in [3.8, 4) is 0 Å². The quantitative estimate of drug-likeness (QED) is 0.314. The second-order valence-electron chi connectivity index (χ2n) is 5.65. The van der Waals surface area contributed by atoms with Gasteiger partial charge in [0.25, 0.3) is 0 Å². The van der Waals surface area contributed by atoms with Crippen LogP contribution in [0.5, 0.6) is 0 Å². The maximum absolute atomic E-state index is 10.7. The van der Waals surface area contributed by atoms with E-state index < -0.39 is 0 Å². The molecule has 0 aliphatic heterocycles. The standard InChI is InChI=1S/C18H29NO/c1-2-3-4-5-6-7-8-9-10-11-14-17-15-12-13-16-18(17)19-20/h12-13,15-16H,2-11,14H2,1H3. The average molecular weight is 275 g/mol. The van der Waals surface area contributed by atoms with E-state index in [0.29, 0.717) is 5.69 Å². The van der Waals surface area contributed by atoms with E-state index in [2.05, 4.69) is 12.1 Å². The van der Waals surface area contributed by atoms with Crippen LogP contribution in [0.3, 0.4) is 0 Å². The molecule has 0 heterocycles. The summed E-state index contributed by atoms with van der Waals surface area (Å²) in [6, 6.07) is 7.68. The van der Waals surface area contributed by atoms with Crippen molar-refractivity contribution in [3.05, 3.63) is 34.7 Å². The summed E-state index contributed by atoms with van der Waals surface area (Å²) in [5.41, 5.74) is 1.71. The Labute approximate surface area is 124 Å². The SMILES string of the molecule is CCCCCCCCCCCCc1ccccc1N=O. The normalized spacial score (nSPS) is 10.7. The van der Waals surface area contributed by atoms with Gasteiger partial charge in [0.05, 0.1) is 0 Å². The van der Waals surface area contributed by atoms with Crippen LogP contribution in [0, 0.1) is 4.91 Å². The van der Waals surface area contributed by atoms with Crippen LogP contribution in [0.15, 0.2) is 29.4 Å². The summed E-state index contributed by atoms with van der Waals surface area (Å²) in [7, 11) is 0. The first-order chi connectivity index (χ1) is 9.88. The van der Waals surface area contributed by atoms with E-state index in [-0.39, 0.29) is 0 Å². The number of aryl methyl sites for hydroxylation is 1. The first-order valence-electron chi connectivity index (χ1n) is 8.29. The predicted molar refractivity (Wildman–Crippen MR) is 87.4 cm³/mol. The van der Waals surface area contributed by atoms with Crippen molar-refractivity contribution in [2.45, 2.75) is 77.6 Å². The van der Waals surface area contributed by atoms with Gasteiger partial charge in [0.1, 0.15) is 5.69 Å². The molecular formula is C18H29NO. The summed E-state index contributed by atoms with van der Waals surface area (Å²) in [5, 5.41) is 3.08. The average Bonchev–Trinajstić information content (AvgIpc) is 2.49. The molecule has 2 nitrogen and oxygen atoms in total. The maximum atomic E-state index is 10.7. The van der Waals surface area contributed by atoms with E-state index >= 15 is 0 Å². The number of unbranched alkanes of at least 4 members (excludes halogenated alkanes) is 9. The van der Waals surface area contributed by atoms with Crippen LogP contribution in [-0.2, 0) is 6.42 Å². The van der Waals surface area contributed by atoms with Gasteiger partial charge in [0, 0.05) is 0 Å². The number of nitrogens with zero attached hydrogens (tertiary/aromatic N) is 1. The van der Waals surface area contributed by atoms with Gasteiger partial charge in [-0.3, -0.25) is 0 Å². The van der Waals surface area contributed by atoms with Crippen molar-refractivity contribution >= 4 is 5.69 Å². The molecule has 0 atom stereocenters. The van der Waals surface area contributed by atoms with Crippen molar-refractivity contribution in [1.29, 1.82) is 0 Å². The van der Waals surface area contributed by atoms with E-state index in [1.807, 2.05) is 18.2 Å². The number of rotatable bonds is 12. The van der Waals surface area contributed by atoms with Crippen LogP contribution in [0.4, 0.5) is 5.69 Å². The van der Waals surface area contributed by atoms with Gasteiger partial charge >= 0.3 is 0 Å². The van der Waals surface area contributed by atoms with Crippen molar-refractivity contribution in [1.82, 2.24) is 0 Å². The molecular weight excluding hydrogens is 246 g/mol. The van der Waals surface area contributed by atoms with Crippen LogP contribution in [-0.4, -0.2) is 0 Å². The first-order valence-corrected chi connectivity index (χ1v) is 8.29. The Bertz CT molecular complexity index is 362. The summed E-state index contributed by atoms with van der Waals surface area (Å²) in [4.78, 5) is 10.7. The topological polar surface area (TPSA) is 29.4 Å². The molecule has 0 N–H and O–H groups in total. The summed E-state index contributed by atoms with van der Waals surface area (Å²) in [6.07, 6.45) is 14.4. The lowest BCUT2D eigenvalue weighted by atomic mass is 10.0. The van der Waals surface area contributed by atoms with Gasteiger partial charge in [-0.15, -0.1) is 4.91 Å². The van der Waals surface area contributed by atoms with E-state index in [1.54, 1.807) is 6.07 Å². The highest BCUT2D eigenvalue weighted by Crippen LogP contribution is 2.20. The third-order valence-electron chi connectivity index (χ3n) is 3.89. The molecule has 1 aromatic rings. The second kappa shape index (κ2) is 11.6. The fraction of sp³-hybridized carbons (Fsp3) is 0.667. The second-order valence-corrected chi connectivity index (χ2v) is 5.65. The number of benzene rings is 1. The maximum Gasteiger partial charge on any atom is 0.111 e. The molecule has 0 aromatic heterocycles. The Balaban J connectivity index is 1.98. The molecule has 0 amide bonds. The van der Waals surface area contributed by atoms with Gasteiger partial charge in [-0.25, -0.2) is 0 Å². The Kier molecular flexibility index (Phi) is 9.81. The van der Waals surface area contributed by atoms with E-state index in [4.69, 9.17) is 0 Å². The molecule has 1 rings (SSSR count). The van der Waals surface area contributed by atoms with Gasteiger partial charge in [-0.05, 0) is 29.6 Å². The molecule has 0 fully saturated rings. The third kappa shape index (κ3) is 7.42. The van der Waals surface area contributed by atoms with E-state index in [0.717, 1.165) is 12.0 Å². The predicted octanol–water partition coefficient (Wildman–Crippen LogP) is 6.55. The largest absolute Gasteiger partial charge is 0.145 e. The molecule has 0 saturated heterocycles. The molecule has 20 heavy (non-hydrogen) atoms. The highest BCUT2D eigenvalue weighted by atomic mass is 16.3. The molecule has 0 saturated carbocycles. The third-order valence-corrected chi connectivity index (χ3v) is 3.89. The first kappa shape index (κ1) is 16.9. The minimum Gasteiger partial charge on any atom is -0.145 e. The zero-order valence-corrected chi connectivity index (χ0v) is 12.9. The van der Waals surface area contributed by atoms with Crippen LogP contribution in [0.1, 0.15) is 76.7 Å². The summed E-state index contributed by atoms with van der Waals surface area (Å²) in [6.45, 7) is 2.26. The summed E-state index contributed by atoms with van der Waals surface area (Å²) in [5.74, 6) is 0. The molecule has 112 valence electrons. The molecule has 1 aromatic carbocycles. The molecule has 0 radical (unpaired) electrons. The molecule has 0 aliphatic rings. The minimum atomic E-state index is 0.614. The Morgan fingerprint density at radius 1 is 0.800 bits per heavy atom. The van der Waals surface area contributed by atoms with Crippen molar-refractivity contribution in [3.63, 3.8) is 0 Å². The van der Waals surface area contributed by atoms with Crippen molar-refractivity contribution < 1.29 is 0 Å². The molecule has 0 bridgehead atoms. The zero-order valence-electron chi connectivity index (χ0n) is 12.9. The number of nitroso groups, excluding NO2 is 1. The lowest BCUT2D eigenvalue weighted by Gasteiger charge is -2.04.